The van der Waals surface area contributed by atoms with Gasteiger partial charge in [-0.3, -0.25) is 4.79 Å². The van der Waals surface area contributed by atoms with E-state index in [1.165, 1.54) is 17.3 Å². The number of aryl methyl sites for hydroxylation is 3. The fourth-order valence-corrected chi connectivity index (χ4v) is 5.01. The van der Waals surface area contributed by atoms with Crippen LogP contribution in [0.3, 0.4) is 0 Å². The number of aromatic nitrogens is 3. The molecule has 5 rings (SSSR count). The molecule has 1 fully saturated rings. The van der Waals surface area contributed by atoms with Gasteiger partial charge in [0.25, 0.3) is 0 Å². The Morgan fingerprint density at radius 2 is 2.17 bits per heavy atom. The number of benzene rings is 1. The third-order valence-electron chi connectivity index (χ3n) is 6.59. The molecule has 3 atom stereocenters. The molecule has 0 aliphatic heterocycles. The number of nitriles is 1. The highest BCUT2D eigenvalue weighted by Gasteiger charge is 2.53. The van der Waals surface area contributed by atoms with Gasteiger partial charge in [-0.2, -0.15) is 10.4 Å². The van der Waals surface area contributed by atoms with E-state index in [9.17, 15) is 10.1 Å². The predicted octanol–water partition coefficient (Wildman–Crippen LogP) is 3.00. The van der Waals surface area contributed by atoms with Crippen LogP contribution in [0.25, 0.3) is 5.65 Å². The van der Waals surface area contributed by atoms with Gasteiger partial charge in [0.1, 0.15) is 11.6 Å². The number of hydrogen-bond acceptors (Lipinski definition) is 4. The second-order valence-corrected chi connectivity index (χ2v) is 8.19. The smallest absolute Gasteiger partial charge is 0.220 e. The van der Waals surface area contributed by atoms with E-state index in [2.05, 4.69) is 45.7 Å². The molecule has 2 aliphatic rings. The summed E-state index contributed by atoms with van der Waals surface area (Å²) in [6, 6.07) is 11.0. The maximum Gasteiger partial charge on any atom is 0.220 e. The summed E-state index contributed by atoms with van der Waals surface area (Å²) in [5, 5.41) is 16.7. The van der Waals surface area contributed by atoms with E-state index in [0.29, 0.717) is 35.9 Å². The molecular formula is C23H23N5O. The van der Waals surface area contributed by atoms with Crippen LogP contribution in [0.15, 0.2) is 30.5 Å². The van der Waals surface area contributed by atoms with Crippen LogP contribution < -0.4 is 5.32 Å². The molecule has 0 saturated heterocycles. The van der Waals surface area contributed by atoms with E-state index in [-0.39, 0.29) is 11.9 Å². The molecule has 0 unspecified atom stereocenters. The first-order chi connectivity index (χ1) is 14.1. The van der Waals surface area contributed by atoms with Crippen LogP contribution in [0.4, 0.5) is 0 Å². The summed E-state index contributed by atoms with van der Waals surface area (Å²) in [5.41, 5.74) is 6.73. The van der Waals surface area contributed by atoms with Gasteiger partial charge in [0, 0.05) is 29.8 Å². The first-order valence-electron chi connectivity index (χ1n) is 10.2. The lowest BCUT2D eigenvalue weighted by Gasteiger charge is -2.13. The summed E-state index contributed by atoms with van der Waals surface area (Å²) >= 11 is 0. The van der Waals surface area contributed by atoms with E-state index in [1.807, 2.05) is 13.8 Å². The van der Waals surface area contributed by atoms with E-state index in [4.69, 9.17) is 0 Å². The van der Waals surface area contributed by atoms with Crippen LogP contribution in [0.1, 0.15) is 52.4 Å². The summed E-state index contributed by atoms with van der Waals surface area (Å²) in [6.07, 6.45) is 4.86. The molecular weight excluding hydrogens is 362 g/mol. The van der Waals surface area contributed by atoms with E-state index in [0.717, 1.165) is 29.8 Å². The molecule has 2 heterocycles. The number of carbonyl (C=O) groups is 1. The van der Waals surface area contributed by atoms with Crippen molar-refractivity contribution in [3.05, 3.63) is 64.1 Å². The van der Waals surface area contributed by atoms with Crippen LogP contribution >= 0.6 is 0 Å². The first-order valence-corrected chi connectivity index (χ1v) is 10.2. The summed E-state index contributed by atoms with van der Waals surface area (Å²) in [4.78, 5) is 17.2. The zero-order valence-corrected chi connectivity index (χ0v) is 16.6. The molecule has 0 radical (unpaired) electrons. The Morgan fingerprint density at radius 1 is 1.34 bits per heavy atom. The molecule has 0 spiro atoms. The molecule has 146 valence electrons. The molecule has 2 aromatic heterocycles. The highest BCUT2D eigenvalue weighted by atomic mass is 16.1. The zero-order chi connectivity index (χ0) is 20.1. The second kappa shape index (κ2) is 6.70. The van der Waals surface area contributed by atoms with Crippen LogP contribution in [-0.2, 0) is 17.6 Å². The van der Waals surface area contributed by atoms with Crippen molar-refractivity contribution in [1.29, 1.82) is 5.26 Å². The van der Waals surface area contributed by atoms with Gasteiger partial charge in [-0.25, -0.2) is 9.50 Å². The maximum atomic E-state index is 12.7. The summed E-state index contributed by atoms with van der Waals surface area (Å²) < 4.78 is 1.70. The summed E-state index contributed by atoms with van der Waals surface area (Å²) in [7, 11) is 0. The fourth-order valence-electron chi connectivity index (χ4n) is 5.01. The number of rotatable bonds is 4. The van der Waals surface area contributed by atoms with Crippen molar-refractivity contribution in [2.45, 2.75) is 51.5 Å². The Balaban J connectivity index is 1.27. The van der Waals surface area contributed by atoms with Crippen molar-refractivity contribution in [2.75, 3.05) is 0 Å². The summed E-state index contributed by atoms with van der Waals surface area (Å²) in [5.74, 6) is 1.17. The Morgan fingerprint density at radius 3 is 3.00 bits per heavy atom. The van der Waals surface area contributed by atoms with Crippen molar-refractivity contribution in [1.82, 2.24) is 19.9 Å². The lowest BCUT2D eigenvalue weighted by molar-refractivity contribution is -0.121. The van der Waals surface area contributed by atoms with E-state index < -0.39 is 0 Å². The number of amides is 1. The van der Waals surface area contributed by atoms with Crippen LogP contribution in [0, 0.1) is 31.1 Å². The predicted molar refractivity (Wildman–Crippen MR) is 108 cm³/mol. The molecule has 3 aromatic rings. The Labute approximate surface area is 169 Å². The molecule has 1 saturated carbocycles. The Kier molecular flexibility index (Phi) is 4.13. The van der Waals surface area contributed by atoms with Crippen LogP contribution in [0.5, 0.6) is 0 Å². The number of fused-ring (bicyclic) bond motifs is 4. The standard InChI is InChI=1S/C23H23N5O/c1-13-17(14(2)28-23(26-13)16(11-24)12-25-28)9-10-20(29)27-22-19-8-7-15-5-3-4-6-18(15)21(19)22/h3-6,12,19,21-22H,7-10H2,1-2H3,(H,27,29)/t19-,21+,22+/m0/s1. The van der Waals surface area contributed by atoms with Crippen molar-refractivity contribution in [3.8, 4) is 6.07 Å². The van der Waals surface area contributed by atoms with Gasteiger partial charge in [0.2, 0.25) is 5.91 Å². The molecule has 6 nitrogen and oxygen atoms in total. The zero-order valence-electron chi connectivity index (χ0n) is 16.6. The SMILES string of the molecule is Cc1nc2c(C#N)cnn2c(C)c1CCC(=O)N[C@@H]1[C@H]2CCc3ccccc3[C@H]21. The number of carbonyl (C=O) groups excluding carboxylic acids is 1. The largest absolute Gasteiger partial charge is 0.352 e. The molecule has 6 heteroatoms. The van der Waals surface area contributed by atoms with Crippen molar-refractivity contribution in [3.63, 3.8) is 0 Å². The number of hydrogen-bond donors (Lipinski definition) is 1. The highest BCUT2D eigenvalue weighted by Crippen LogP contribution is 2.54. The van der Waals surface area contributed by atoms with Gasteiger partial charge in [-0.15, -0.1) is 0 Å². The number of nitrogens with one attached hydrogen (secondary N) is 1. The maximum absolute atomic E-state index is 12.7. The van der Waals surface area contributed by atoms with Crippen molar-refractivity contribution >= 4 is 11.6 Å². The second-order valence-electron chi connectivity index (χ2n) is 8.19. The fraction of sp³-hybridized carbons (Fsp3) is 0.391. The van der Waals surface area contributed by atoms with Crippen LogP contribution in [0.2, 0.25) is 0 Å². The van der Waals surface area contributed by atoms with E-state index >= 15 is 0 Å². The third kappa shape index (κ3) is 2.89. The lowest BCUT2D eigenvalue weighted by atomic mass is 9.92. The van der Waals surface area contributed by atoms with E-state index in [1.54, 1.807) is 4.52 Å². The topological polar surface area (TPSA) is 83.1 Å². The summed E-state index contributed by atoms with van der Waals surface area (Å²) in [6.45, 7) is 3.90. The molecule has 1 amide bonds. The molecule has 0 bridgehead atoms. The van der Waals surface area contributed by atoms with Crippen LogP contribution in [-0.4, -0.2) is 26.5 Å². The van der Waals surface area contributed by atoms with Gasteiger partial charge in [-0.1, -0.05) is 24.3 Å². The average Bonchev–Trinajstić information content (AvgIpc) is 3.26. The monoisotopic (exact) mass is 385 g/mol. The van der Waals surface area contributed by atoms with Gasteiger partial charge < -0.3 is 5.32 Å². The molecule has 29 heavy (non-hydrogen) atoms. The van der Waals surface area contributed by atoms with Gasteiger partial charge >= 0.3 is 0 Å². The highest BCUT2D eigenvalue weighted by molar-refractivity contribution is 5.77. The third-order valence-corrected chi connectivity index (χ3v) is 6.59. The molecule has 2 aliphatic carbocycles. The minimum atomic E-state index is 0.0963. The quantitative estimate of drug-likeness (QED) is 0.748. The lowest BCUT2D eigenvalue weighted by Crippen LogP contribution is -2.28. The van der Waals surface area contributed by atoms with Crippen molar-refractivity contribution < 1.29 is 4.79 Å². The Hall–Kier alpha value is -3.20. The minimum absolute atomic E-state index is 0.0963. The average molecular weight is 385 g/mol. The first kappa shape index (κ1) is 17.9. The van der Waals surface area contributed by atoms with Gasteiger partial charge in [-0.05, 0) is 55.7 Å². The number of nitrogens with zero attached hydrogens (tertiary/aromatic N) is 4. The minimum Gasteiger partial charge on any atom is -0.352 e. The molecule has 1 N–H and O–H groups in total. The van der Waals surface area contributed by atoms with Gasteiger partial charge in [0.05, 0.1) is 6.20 Å². The van der Waals surface area contributed by atoms with Crippen molar-refractivity contribution in [2.24, 2.45) is 5.92 Å². The Bertz CT molecular complexity index is 1170. The molecule has 1 aromatic carbocycles. The van der Waals surface area contributed by atoms with Gasteiger partial charge in [0.15, 0.2) is 5.65 Å². The normalized spacial score (nSPS) is 21.9.